The molecular formula is C19H16N2O3S. The molecule has 0 atom stereocenters. The second kappa shape index (κ2) is 6.57. The first-order valence-corrected chi connectivity index (χ1v) is 8.85. The Bertz CT molecular complexity index is 1040. The summed E-state index contributed by atoms with van der Waals surface area (Å²) in [5.41, 5.74) is 2.48. The van der Waals surface area contributed by atoms with E-state index in [0.717, 1.165) is 28.5 Å². The van der Waals surface area contributed by atoms with Crippen molar-refractivity contribution in [2.24, 2.45) is 0 Å². The Morgan fingerprint density at radius 3 is 2.96 bits per heavy atom. The van der Waals surface area contributed by atoms with Crippen LogP contribution in [0.5, 0.6) is 5.75 Å². The van der Waals surface area contributed by atoms with Gasteiger partial charge in [0, 0.05) is 17.3 Å². The fourth-order valence-corrected chi connectivity index (χ4v) is 3.40. The number of nitrogens with zero attached hydrogens (tertiary/aromatic N) is 1. The van der Waals surface area contributed by atoms with E-state index in [4.69, 9.17) is 9.15 Å². The molecule has 0 bridgehead atoms. The van der Waals surface area contributed by atoms with Crippen molar-refractivity contribution < 1.29 is 13.9 Å². The van der Waals surface area contributed by atoms with Crippen LogP contribution in [0.1, 0.15) is 16.1 Å². The molecule has 5 nitrogen and oxygen atoms in total. The number of fused-ring (bicyclic) bond motifs is 2. The number of rotatable bonds is 5. The molecule has 126 valence electrons. The molecule has 1 amide bonds. The molecule has 0 aliphatic carbocycles. The molecule has 6 heteroatoms. The minimum Gasteiger partial charge on any atom is -0.497 e. The van der Waals surface area contributed by atoms with E-state index in [1.165, 1.54) is 5.56 Å². The van der Waals surface area contributed by atoms with Gasteiger partial charge in [-0.25, -0.2) is 4.98 Å². The fraction of sp³-hybridized carbons (Fsp3) is 0.158. The number of hydrogen-bond donors (Lipinski definition) is 1. The molecule has 4 rings (SSSR count). The van der Waals surface area contributed by atoms with E-state index in [9.17, 15) is 4.79 Å². The Morgan fingerprint density at radius 2 is 2.16 bits per heavy atom. The predicted octanol–water partition coefficient (Wildman–Crippen LogP) is 4.02. The zero-order valence-electron chi connectivity index (χ0n) is 13.6. The van der Waals surface area contributed by atoms with Gasteiger partial charge in [-0.2, -0.15) is 11.3 Å². The molecule has 3 heterocycles. The number of aromatic nitrogens is 1. The first-order chi connectivity index (χ1) is 12.2. The number of ether oxygens (including phenoxy) is 1. The fourth-order valence-electron chi connectivity index (χ4n) is 2.69. The highest BCUT2D eigenvalue weighted by atomic mass is 32.1. The predicted molar refractivity (Wildman–Crippen MR) is 98.4 cm³/mol. The van der Waals surface area contributed by atoms with Crippen LogP contribution in [0.4, 0.5) is 0 Å². The third-order valence-electron chi connectivity index (χ3n) is 4.01. The molecule has 1 N–H and O–H groups in total. The van der Waals surface area contributed by atoms with Gasteiger partial charge in [-0.15, -0.1) is 0 Å². The third kappa shape index (κ3) is 3.21. The highest BCUT2D eigenvalue weighted by Gasteiger charge is 2.13. The molecule has 25 heavy (non-hydrogen) atoms. The van der Waals surface area contributed by atoms with Crippen LogP contribution in [-0.2, 0) is 6.42 Å². The van der Waals surface area contributed by atoms with Crippen LogP contribution in [0.2, 0.25) is 0 Å². The molecule has 0 saturated heterocycles. The number of pyridine rings is 1. The number of benzene rings is 1. The van der Waals surface area contributed by atoms with E-state index < -0.39 is 0 Å². The van der Waals surface area contributed by atoms with E-state index >= 15 is 0 Å². The zero-order chi connectivity index (χ0) is 17.2. The van der Waals surface area contributed by atoms with Crippen molar-refractivity contribution in [1.82, 2.24) is 10.3 Å². The zero-order valence-corrected chi connectivity index (χ0v) is 14.4. The van der Waals surface area contributed by atoms with Gasteiger partial charge in [0.2, 0.25) is 5.71 Å². The quantitative estimate of drug-likeness (QED) is 0.589. The SMILES string of the molecule is COc1ccc2nc3oc(C(=O)NCCc4ccsc4)cc3cc2c1. The number of carbonyl (C=O) groups excluding carboxylic acids is 1. The van der Waals surface area contributed by atoms with Crippen molar-refractivity contribution >= 4 is 39.2 Å². The Balaban J connectivity index is 1.55. The largest absolute Gasteiger partial charge is 0.497 e. The van der Waals surface area contributed by atoms with E-state index in [-0.39, 0.29) is 11.7 Å². The molecule has 0 unspecified atom stereocenters. The summed E-state index contributed by atoms with van der Waals surface area (Å²) in [4.78, 5) is 16.8. The summed E-state index contributed by atoms with van der Waals surface area (Å²) in [7, 11) is 1.63. The minimum atomic E-state index is -0.227. The molecule has 0 saturated carbocycles. The van der Waals surface area contributed by atoms with Crippen LogP contribution in [-0.4, -0.2) is 24.5 Å². The summed E-state index contributed by atoms with van der Waals surface area (Å²) < 4.78 is 10.9. The maximum Gasteiger partial charge on any atom is 0.287 e. The van der Waals surface area contributed by atoms with Gasteiger partial charge < -0.3 is 14.5 Å². The minimum absolute atomic E-state index is 0.227. The van der Waals surface area contributed by atoms with Crippen LogP contribution in [0.25, 0.3) is 22.0 Å². The first kappa shape index (κ1) is 15.7. The van der Waals surface area contributed by atoms with Gasteiger partial charge in [-0.05, 0) is 59.1 Å². The average molecular weight is 352 g/mol. The lowest BCUT2D eigenvalue weighted by Crippen LogP contribution is -2.25. The van der Waals surface area contributed by atoms with Crippen molar-refractivity contribution in [3.63, 3.8) is 0 Å². The highest BCUT2D eigenvalue weighted by Crippen LogP contribution is 2.25. The number of methoxy groups -OCH3 is 1. The summed E-state index contributed by atoms with van der Waals surface area (Å²) in [6.07, 6.45) is 0.803. The molecule has 3 aromatic heterocycles. The molecule has 0 spiro atoms. The van der Waals surface area contributed by atoms with Gasteiger partial charge >= 0.3 is 0 Å². The standard InChI is InChI=1S/C19H16N2O3S/c1-23-15-2-3-16-13(9-15)8-14-10-17(24-19(14)21-16)18(22)20-6-4-12-5-7-25-11-12/h2-3,5,7-11H,4,6H2,1H3,(H,20,22). The molecular weight excluding hydrogens is 336 g/mol. The van der Waals surface area contributed by atoms with E-state index in [2.05, 4.69) is 21.7 Å². The van der Waals surface area contributed by atoms with Gasteiger partial charge in [0.1, 0.15) is 5.75 Å². The van der Waals surface area contributed by atoms with Crippen LogP contribution in [0.3, 0.4) is 0 Å². The number of furan rings is 1. The Labute approximate surface area is 148 Å². The summed E-state index contributed by atoms with van der Waals surface area (Å²) in [6.45, 7) is 0.569. The average Bonchev–Trinajstić information content (AvgIpc) is 3.28. The number of hydrogen-bond acceptors (Lipinski definition) is 5. The summed E-state index contributed by atoms with van der Waals surface area (Å²) in [5.74, 6) is 0.813. The maximum absolute atomic E-state index is 12.3. The van der Waals surface area contributed by atoms with Crippen molar-refractivity contribution in [1.29, 1.82) is 0 Å². The van der Waals surface area contributed by atoms with Crippen molar-refractivity contribution in [3.05, 3.63) is 58.5 Å². The first-order valence-electron chi connectivity index (χ1n) is 7.90. The highest BCUT2D eigenvalue weighted by molar-refractivity contribution is 7.07. The van der Waals surface area contributed by atoms with Crippen molar-refractivity contribution in [3.8, 4) is 5.75 Å². The van der Waals surface area contributed by atoms with Crippen LogP contribution >= 0.6 is 11.3 Å². The van der Waals surface area contributed by atoms with Gasteiger partial charge in [-0.1, -0.05) is 0 Å². The van der Waals surface area contributed by atoms with E-state index in [0.29, 0.717) is 12.3 Å². The number of amides is 1. The van der Waals surface area contributed by atoms with Crippen LogP contribution in [0, 0.1) is 0 Å². The third-order valence-corrected chi connectivity index (χ3v) is 4.74. The Morgan fingerprint density at radius 1 is 1.24 bits per heavy atom. The second-order valence-corrected chi connectivity index (χ2v) is 6.47. The number of thiophene rings is 1. The van der Waals surface area contributed by atoms with Gasteiger partial charge in [0.05, 0.1) is 12.6 Å². The number of carbonyl (C=O) groups is 1. The molecule has 4 aromatic rings. The summed E-state index contributed by atoms with van der Waals surface area (Å²) >= 11 is 1.65. The van der Waals surface area contributed by atoms with Gasteiger partial charge in [0.15, 0.2) is 5.76 Å². The lowest BCUT2D eigenvalue weighted by atomic mass is 10.2. The Hall–Kier alpha value is -2.86. The van der Waals surface area contributed by atoms with E-state index in [1.807, 2.05) is 29.6 Å². The Kier molecular flexibility index (Phi) is 4.11. The monoisotopic (exact) mass is 352 g/mol. The van der Waals surface area contributed by atoms with Crippen LogP contribution < -0.4 is 10.1 Å². The van der Waals surface area contributed by atoms with Crippen molar-refractivity contribution in [2.45, 2.75) is 6.42 Å². The normalized spacial score (nSPS) is 11.1. The second-order valence-electron chi connectivity index (χ2n) is 5.69. The molecule has 0 aliphatic rings. The lowest BCUT2D eigenvalue weighted by molar-refractivity contribution is 0.0928. The molecule has 0 fully saturated rings. The lowest BCUT2D eigenvalue weighted by Gasteiger charge is -2.01. The topological polar surface area (TPSA) is 64.4 Å². The van der Waals surface area contributed by atoms with E-state index in [1.54, 1.807) is 24.5 Å². The summed E-state index contributed by atoms with van der Waals surface area (Å²) in [5, 5.41) is 8.73. The van der Waals surface area contributed by atoms with Crippen molar-refractivity contribution in [2.75, 3.05) is 13.7 Å². The molecule has 0 radical (unpaired) electrons. The van der Waals surface area contributed by atoms with Gasteiger partial charge in [-0.3, -0.25) is 4.79 Å². The summed E-state index contributed by atoms with van der Waals surface area (Å²) in [6, 6.07) is 11.4. The molecule has 0 aliphatic heterocycles. The smallest absolute Gasteiger partial charge is 0.287 e. The van der Waals surface area contributed by atoms with Crippen LogP contribution in [0.15, 0.2) is 51.6 Å². The maximum atomic E-state index is 12.3. The molecule has 1 aromatic carbocycles. The van der Waals surface area contributed by atoms with Gasteiger partial charge in [0.25, 0.3) is 5.91 Å². The number of nitrogens with one attached hydrogen (secondary N) is 1.